The maximum absolute atomic E-state index is 11.1. The van der Waals surface area contributed by atoms with Crippen LogP contribution in [-0.2, 0) is 10.7 Å². The predicted molar refractivity (Wildman–Crippen MR) is 83.3 cm³/mol. The Morgan fingerprint density at radius 1 is 1.00 bits per heavy atom. The van der Waals surface area contributed by atoms with Crippen LogP contribution in [0.15, 0.2) is 0 Å². The van der Waals surface area contributed by atoms with Crippen LogP contribution in [0.5, 0.6) is 0 Å². The molecule has 0 aliphatic carbocycles. The van der Waals surface area contributed by atoms with Gasteiger partial charge in [0.15, 0.2) is 10.7 Å². The van der Waals surface area contributed by atoms with Crippen molar-refractivity contribution < 1.29 is 13.2 Å². The Morgan fingerprint density at radius 2 is 1.45 bits per heavy atom. The lowest BCUT2D eigenvalue weighted by molar-refractivity contribution is 0.211. The highest BCUT2D eigenvalue weighted by Gasteiger charge is 2.19. The summed E-state index contributed by atoms with van der Waals surface area (Å²) >= 11 is 0. The summed E-state index contributed by atoms with van der Waals surface area (Å²) in [6.07, 6.45) is 11.1. The smallest absolute Gasteiger partial charge is 0.315 e. The lowest BCUT2D eigenvalue weighted by Crippen LogP contribution is -2.41. The molecule has 0 aromatic rings. The van der Waals surface area contributed by atoms with Crippen LogP contribution in [0.25, 0.3) is 0 Å². The van der Waals surface area contributed by atoms with E-state index in [0.717, 1.165) is 24.2 Å². The van der Waals surface area contributed by atoms with Crippen molar-refractivity contribution in [2.75, 3.05) is 7.05 Å². The molecular formula is C14H30N2O3S. The second kappa shape index (κ2) is 12.0. The van der Waals surface area contributed by atoms with Gasteiger partial charge < -0.3 is 10.6 Å². The molecule has 5 nitrogen and oxygen atoms in total. The van der Waals surface area contributed by atoms with E-state index in [1.54, 1.807) is 0 Å². The van der Waals surface area contributed by atoms with Gasteiger partial charge in [0.25, 0.3) is 0 Å². The maximum Gasteiger partial charge on any atom is 0.315 e. The molecule has 1 unspecified atom stereocenters. The van der Waals surface area contributed by atoms with E-state index in [-0.39, 0.29) is 0 Å². The topological polar surface area (TPSA) is 80.5 Å². The lowest BCUT2D eigenvalue weighted by atomic mass is 10.1. The number of thiol groups is 1. The molecule has 6 heteroatoms. The van der Waals surface area contributed by atoms with Crippen LogP contribution in [0.3, 0.4) is 0 Å². The normalized spacial score (nSPS) is 12.6. The highest BCUT2D eigenvalue weighted by Crippen LogP contribution is 2.13. The van der Waals surface area contributed by atoms with Gasteiger partial charge in [0.05, 0.1) is 0 Å². The second-order valence-electron chi connectivity index (χ2n) is 5.33. The Morgan fingerprint density at radius 3 is 1.85 bits per heavy atom. The van der Waals surface area contributed by atoms with Crippen molar-refractivity contribution in [1.82, 2.24) is 4.90 Å². The number of primary amides is 1. The molecule has 2 N–H and O–H groups in total. The second-order valence-corrected chi connectivity index (χ2v) is 6.50. The SMILES string of the molecule is CCCCCCCCCCCC(N(C)C(N)=O)[SH](=O)=O. The third kappa shape index (κ3) is 9.18. The monoisotopic (exact) mass is 306 g/mol. The van der Waals surface area contributed by atoms with E-state index in [1.165, 1.54) is 45.6 Å². The zero-order valence-electron chi connectivity index (χ0n) is 12.8. The number of urea groups is 1. The number of hydrogen-bond acceptors (Lipinski definition) is 3. The van der Waals surface area contributed by atoms with Crippen LogP contribution in [0, 0.1) is 0 Å². The number of unbranched alkanes of at least 4 members (excludes halogenated alkanes) is 8. The van der Waals surface area contributed by atoms with E-state index in [1.807, 2.05) is 0 Å². The van der Waals surface area contributed by atoms with E-state index in [4.69, 9.17) is 5.73 Å². The van der Waals surface area contributed by atoms with Gasteiger partial charge in [0, 0.05) is 7.05 Å². The van der Waals surface area contributed by atoms with Crippen LogP contribution in [-0.4, -0.2) is 31.8 Å². The van der Waals surface area contributed by atoms with Gasteiger partial charge in [-0.05, 0) is 6.42 Å². The summed E-state index contributed by atoms with van der Waals surface area (Å²) in [6, 6.07) is -0.690. The average molecular weight is 306 g/mol. The lowest BCUT2D eigenvalue weighted by Gasteiger charge is -2.21. The van der Waals surface area contributed by atoms with Crippen LogP contribution >= 0.6 is 0 Å². The summed E-state index contributed by atoms with van der Waals surface area (Å²) in [6.45, 7) is 2.21. The minimum Gasteiger partial charge on any atom is -0.351 e. The summed E-state index contributed by atoms with van der Waals surface area (Å²) < 4.78 is 22.2. The van der Waals surface area contributed by atoms with Crippen molar-refractivity contribution in [3.63, 3.8) is 0 Å². The molecule has 0 bridgehead atoms. The van der Waals surface area contributed by atoms with E-state index in [0.29, 0.717) is 6.42 Å². The molecule has 120 valence electrons. The van der Waals surface area contributed by atoms with Crippen LogP contribution in [0.1, 0.15) is 71.1 Å². The first-order valence-corrected chi connectivity index (χ1v) is 8.91. The summed E-state index contributed by atoms with van der Waals surface area (Å²) in [5.74, 6) is 0. The molecule has 20 heavy (non-hydrogen) atoms. The molecule has 0 aromatic carbocycles. The molecule has 2 amide bonds. The van der Waals surface area contributed by atoms with Crippen molar-refractivity contribution in [3.05, 3.63) is 0 Å². The van der Waals surface area contributed by atoms with Gasteiger partial charge in [-0.1, -0.05) is 64.7 Å². The number of carbonyl (C=O) groups excluding carboxylic acids is 1. The molecular weight excluding hydrogens is 276 g/mol. The third-order valence-electron chi connectivity index (χ3n) is 3.60. The quantitative estimate of drug-likeness (QED) is 0.430. The van der Waals surface area contributed by atoms with Gasteiger partial charge in [0.2, 0.25) is 0 Å². The summed E-state index contributed by atoms with van der Waals surface area (Å²) in [7, 11) is -1.21. The van der Waals surface area contributed by atoms with E-state index < -0.39 is 22.1 Å². The molecule has 0 saturated heterocycles. The van der Waals surface area contributed by atoms with Gasteiger partial charge >= 0.3 is 6.03 Å². The number of amides is 2. The summed E-state index contributed by atoms with van der Waals surface area (Å²) in [5.41, 5.74) is 5.10. The van der Waals surface area contributed by atoms with Crippen molar-refractivity contribution in [3.8, 4) is 0 Å². The summed E-state index contributed by atoms with van der Waals surface area (Å²) in [4.78, 5) is 12.1. The third-order valence-corrected chi connectivity index (χ3v) is 4.70. The van der Waals surface area contributed by atoms with Crippen LogP contribution < -0.4 is 5.73 Å². The highest BCUT2D eigenvalue weighted by atomic mass is 32.2. The highest BCUT2D eigenvalue weighted by molar-refractivity contribution is 7.73. The van der Waals surface area contributed by atoms with Crippen molar-refractivity contribution >= 4 is 16.7 Å². The first kappa shape index (κ1) is 19.2. The molecule has 0 saturated carbocycles. The first-order chi connectivity index (χ1) is 9.50. The van der Waals surface area contributed by atoms with Crippen molar-refractivity contribution in [1.29, 1.82) is 0 Å². The molecule has 1 atom stereocenters. The predicted octanol–water partition coefficient (Wildman–Crippen LogP) is 2.86. The molecule has 0 aliphatic heterocycles. The van der Waals surface area contributed by atoms with Gasteiger partial charge in [-0.25, -0.2) is 13.2 Å². The van der Waals surface area contributed by atoms with Crippen LogP contribution in [0.2, 0.25) is 0 Å². The van der Waals surface area contributed by atoms with Crippen molar-refractivity contribution in [2.24, 2.45) is 5.73 Å². The fourth-order valence-electron chi connectivity index (χ4n) is 2.22. The zero-order chi connectivity index (χ0) is 15.4. The number of hydrogen-bond donors (Lipinski definition) is 2. The number of carbonyl (C=O) groups is 1. The van der Waals surface area contributed by atoms with E-state index >= 15 is 0 Å². The Balaban J connectivity index is 3.68. The maximum atomic E-state index is 11.1. The average Bonchev–Trinajstić information content (AvgIpc) is 2.39. The number of nitrogens with two attached hydrogens (primary N) is 1. The fourth-order valence-corrected chi connectivity index (χ4v) is 3.01. The zero-order valence-corrected chi connectivity index (χ0v) is 13.7. The van der Waals surface area contributed by atoms with Gasteiger partial charge in [-0.15, -0.1) is 0 Å². The Bertz CT molecular complexity index is 324. The van der Waals surface area contributed by atoms with Gasteiger partial charge in [0.1, 0.15) is 5.37 Å². The first-order valence-electron chi connectivity index (χ1n) is 7.66. The van der Waals surface area contributed by atoms with Crippen LogP contribution in [0.4, 0.5) is 4.79 Å². The molecule has 0 aliphatic rings. The largest absolute Gasteiger partial charge is 0.351 e. The fraction of sp³-hybridized carbons (Fsp3) is 0.929. The number of nitrogens with zero attached hydrogens (tertiary/aromatic N) is 1. The molecule has 0 radical (unpaired) electrons. The van der Waals surface area contributed by atoms with E-state index in [9.17, 15) is 13.2 Å². The molecule has 0 aromatic heterocycles. The summed E-state index contributed by atoms with van der Waals surface area (Å²) in [5, 5.41) is -0.757. The molecule has 0 fully saturated rings. The minimum atomic E-state index is -2.65. The Kier molecular flexibility index (Phi) is 11.5. The standard InChI is InChI=1S/C14H30N2O3S/c1-3-4-5-6-7-8-9-10-11-12-13(20(18)19)16(2)14(15)17/h13,20H,3-12H2,1-2H3,(H2,15,17). The Hall–Kier alpha value is -0.780. The minimum absolute atomic E-state index is 0.480. The van der Waals surface area contributed by atoms with E-state index in [2.05, 4.69) is 6.92 Å². The van der Waals surface area contributed by atoms with Gasteiger partial charge in [-0.3, -0.25) is 0 Å². The Labute approximate surface area is 124 Å². The van der Waals surface area contributed by atoms with Gasteiger partial charge in [-0.2, -0.15) is 0 Å². The molecule has 0 rings (SSSR count). The number of rotatable bonds is 12. The molecule has 0 heterocycles. The molecule has 0 spiro atoms. The van der Waals surface area contributed by atoms with Crippen molar-refractivity contribution in [2.45, 2.75) is 76.5 Å².